The van der Waals surface area contributed by atoms with Crippen LogP contribution in [-0.4, -0.2) is 86.1 Å². The number of ketones is 1. The Hall–Kier alpha value is -3.79. The molecule has 1 unspecified atom stereocenters. The maximum atomic E-state index is 13.3. The van der Waals surface area contributed by atoms with Crippen molar-refractivity contribution in [1.82, 2.24) is 14.8 Å². The van der Waals surface area contributed by atoms with Crippen LogP contribution in [-0.2, 0) is 14.3 Å². The minimum Gasteiger partial charge on any atom is -0.507 e. The molecule has 0 aliphatic carbocycles. The number of likely N-dealkylation sites (N-methyl/N-ethyl adjacent to an activating group) is 1. The summed E-state index contributed by atoms with van der Waals surface area (Å²) in [5.74, 6) is -1.59. The molecule has 1 aliphatic rings. The van der Waals surface area contributed by atoms with Gasteiger partial charge in [0.05, 0.1) is 32.9 Å². The van der Waals surface area contributed by atoms with E-state index in [1.54, 1.807) is 32.0 Å². The van der Waals surface area contributed by atoms with Gasteiger partial charge in [-0.2, -0.15) is 0 Å². The van der Waals surface area contributed by atoms with Crippen LogP contribution in [0.1, 0.15) is 38.9 Å². The Balaban J connectivity index is 2.28. The summed E-state index contributed by atoms with van der Waals surface area (Å²) >= 11 is 0. The number of likely N-dealkylation sites (tertiary alicyclic amines) is 1. The highest BCUT2D eigenvalue weighted by Crippen LogP contribution is 2.44. The molecular formula is C25H31N3O7. The first kappa shape index (κ1) is 25.8. The standard InChI is InChI=1S/C25H31N3O7/c1-13-18(14(2)26-20(13)25(32)35-7)22(29)19-21(16-9-8-15(33-5)12-17(16)34-6)28(11-10-27(3)4)24(31)23(19)30/h8-9,12,21,26,29H,10-11H2,1-7H3/b22-19+. The van der Waals surface area contributed by atoms with Gasteiger partial charge in [-0.1, -0.05) is 0 Å². The lowest BCUT2D eigenvalue weighted by Gasteiger charge is -2.27. The fourth-order valence-corrected chi connectivity index (χ4v) is 4.33. The zero-order valence-corrected chi connectivity index (χ0v) is 21.0. The number of benzene rings is 1. The van der Waals surface area contributed by atoms with Crippen molar-refractivity contribution in [3.63, 3.8) is 0 Å². The van der Waals surface area contributed by atoms with Crippen LogP contribution < -0.4 is 9.47 Å². The quantitative estimate of drug-likeness (QED) is 0.253. The number of aliphatic hydroxyl groups excluding tert-OH is 1. The highest BCUT2D eigenvalue weighted by Gasteiger charge is 2.47. The van der Waals surface area contributed by atoms with Gasteiger partial charge in [-0.3, -0.25) is 9.59 Å². The Bertz CT molecular complexity index is 1200. The van der Waals surface area contributed by atoms with Crippen molar-refractivity contribution in [3.8, 4) is 11.5 Å². The Morgan fingerprint density at radius 2 is 1.83 bits per heavy atom. The lowest BCUT2D eigenvalue weighted by molar-refractivity contribution is -0.140. The number of aliphatic hydroxyl groups is 1. The van der Waals surface area contributed by atoms with Crippen LogP contribution in [0.4, 0.5) is 0 Å². The normalized spacial score (nSPS) is 17.3. The largest absolute Gasteiger partial charge is 0.507 e. The highest BCUT2D eigenvalue weighted by molar-refractivity contribution is 6.46. The molecule has 1 aliphatic heterocycles. The number of Topliss-reactive ketones (excluding diaryl/α,β-unsaturated/α-hetero) is 1. The van der Waals surface area contributed by atoms with Crippen LogP contribution in [0.2, 0.25) is 0 Å². The van der Waals surface area contributed by atoms with E-state index in [9.17, 15) is 19.5 Å². The Morgan fingerprint density at radius 1 is 1.14 bits per heavy atom. The number of ether oxygens (including phenoxy) is 3. The molecule has 0 spiro atoms. The van der Waals surface area contributed by atoms with Crippen molar-refractivity contribution in [2.24, 2.45) is 0 Å². The maximum absolute atomic E-state index is 13.3. The van der Waals surface area contributed by atoms with Gasteiger partial charge >= 0.3 is 5.97 Å². The fraction of sp³-hybridized carbons (Fsp3) is 0.400. The molecule has 2 aromatic rings. The molecule has 2 heterocycles. The minimum atomic E-state index is -0.911. The summed E-state index contributed by atoms with van der Waals surface area (Å²) in [5.41, 5.74) is 1.73. The van der Waals surface area contributed by atoms with E-state index >= 15 is 0 Å². The van der Waals surface area contributed by atoms with Crippen LogP contribution in [0.3, 0.4) is 0 Å². The summed E-state index contributed by atoms with van der Waals surface area (Å²) in [6, 6.07) is 4.15. The number of hydrogen-bond donors (Lipinski definition) is 2. The second-order valence-corrected chi connectivity index (χ2v) is 8.52. The first-order valence-electron chi connectivity index (χ1n) is 11.0. The van der Waals surface area contributed by atoms with Crippen molar-refractivity contribution in [2.75, 3.05) is 48.5 Å². The third-order valence-corrected chi connectivity index (χ3v) is 6.13. The number of H-pyrrole nitrogens is 1. The highest BCUT2D eigenvalue weighted by atomic mass is 16.5. The first-order valence-corrected chi connectivity index (χ1v) is 11.0. The number of hydrogen-bond acceptors (Lipinski definition) is 8. The number of nitrogens with one attached hydrogen (secondary N) is 1. The number of nitrogens with zero attached hydrogens (tertiary/aromatic N) is 2. The van der Waals surface area contributed by atoms with Crippen molar-refractivity contribution in [1.29, 1.82) is 0 Å². The van der Waals surface area contributed by atoms with Gasteiger partial charge in [0.2, 0.25) is 0 Å². The lowest BCUT2D eigenvalue weighted by atomic mass is 9.93. The molecule has 1 fully saturated rings. The number of aryl methyl sites for hydroxylation is 1. The van der Waals surface area contributed by atoms with Crippen LogP contribution >= 0.6 is 0 Å². The number of amides is 1. The molecule has 1 atom stereocenters. The van der Waals surface area contributed by atoms with Gasteiger partial charge in [-0.15, -0.1) is 0 Å². The molecule has 10 nitrogen and oxygen atoms in total. The topological polar surface area (TPSA) is 121 Å². The monoisotopic (exact) mass is 485 g/mol. The van der Waals surface area contributed by atoms with Gasteiger partial charge < -0.3 is 34.1 Å². The Labute approximate surface area is 204 Å². The summed E-state index contributed by atoms with van der Waals surface area (Å²) in [5, 5.41) is 11.5. The third-order valence-electron chi connectivity index (χ3n) is 6.13. The number of methoxy groups -OCH3 is 3. The summed E-state index contributed by atoms with van der Waals surface area (Å²) < 4.78 is 15.7. The molecule has 0 saturated carbocycles. The molecule has 1 aromatic heterocycles. The Kier molecular flexibility index (Phi) is 7.54. The number of esters is 1. The number of carbonyl (C=O) groups is 3. The summed E-state index contributed by atoms with van der Waals surface area (Å²) in [6.07, 6.45) is 0. The van der Waals surface area contributed by atoms with E-state index in [0.717, 1.165) is 0 Å². The van der Waals surface area contributed by atoms with E-state index in [-0.39, 0.29) is 29.1 Å². The maximum Gasteiger partial charge on any atom is 0.354 e. The zero-order chi connectivity index (χ0) is 26.0. The molecule has 188 valence electrons. The molecule has 35 heavy (non-hydrogen) atoms. The van der Waals surface area contributed by atoms with E-state index < -0.39 is 23.7 Å². The predicted molar refractivity (Wildman–Crippen MR) is 129 cm³/mol. The van der Waals surface area contributed by atoms with Gasteiger partial charge in [0, 0.05) is 36.0 Å². The molecule has 1 saturated heterocycles. The zero-order valence-electron chi connectivity index (χ0n) is 21.0. The Morgan fingerprint density at radius 3 is 2.40 bits per heavy atom. The van der Waals surface area contributed by atoms with Gasteiger partial charge in [0.1, 0.15) is 23.0 Å². The fourth-order valence-electron chi connectivity index (χ4n) is 4.33. The van der Waals surface area contributed by atoms with Crippen LogP contribution in [0.5, 0.6) is 11.5 Å². The number of aromatic amines is 1. The molecule has 0 bridgehead atoms. The number of carbonyl (C=O) groups excluding carboxylic acids is 3. The second kappa shape index (κ2) is 10.2. The minimum absolute atomic E-state index is 0.0844. The van der Waals surface area contributed by atoms with Crippen LogP contribution in [0.25, 0.3) is 5.76 Å². The van der Waals surface area contributed by atoms with Crippen molar-refractivity contribution >= 4 is 23.4 Å². The summed E-state index contributed by atoms with van der Waals surface area (Å²) in [7, 11) is 7.98. The summed E-state index contributed by atoms with van der Waals surface area (Å²) in [6.45, 7) is 4.04. The average Bonchev–Trinajstić information content (AvgIpc) is 3.28. The van der Waals surface area contributed by atoms with Gasteiger partial charge in [-0.25, -0.2) is 4.79 Å². The number of rotatable bonds is 8. The van der Waals surface area contributed by atoms with E-state index in [1.165, 1.54) is 26.2 Å². The molecule has 1 aromatic carbocycles. The summed E-state index contributed by atoms with van der Waals surface area (Å²) in [4.78, 5) is 44.9. The van der Waals surface area contributed by atoms with Crippen molar-refractivity contribution in [3.05, 3.63) is 51.9 Å². The SMILES string of the molecule is COC(=O)c1[nH]c(C)c(/C(O)=C2\C(=O)C(=O)N(CCN(C)C)C2c2ccc(OC)cc2OC)c1C. The molecule has 3 rings (SSSR count). The van der Waals surface area contributed by atoms with E-state index in [4.69, 9.17) is 14.2 Å². The molecular weight excluding hydrogens is 454 g/mol. The molecule has 1 amide bonds. The van der Waals surface area contributed by atoms with Crippen molar-refractivity contribution in [2.45, 2.75) is 19.9 Å². The average molecular weight is 486 g/mol. The third kappa shape index (κ3) is 4.61. The number of aromatic nitrogens is 1. The smallest absolute Gasteiger partial charge is 0.354 e. The van der Waals surface area contributed by atoms with E-state index in [0.29, 0.717) is 34.9 Å². The second-order valence-electron chi connectivity index (χ2n) is 8.52. The van der Waals surface area contributed by atoms with Crippen LogP contribution in [0, 0.1) is 13.8 Å². The van der Waals surface area contributed by atoms with Gasteiger partial charge in [0.25, 0.3) is 11.7 Å². The molecule has 10 heteroatoms. The predicted octanol–water partition coefficient (Wildman–Crippen LogP) is 2.42. The lowest BCUT2D eigenvalue weighted by Crippen LogP contribution is -2.35. The molecule has 0 radical (unpaired) electrons. The van der Waals surface area contributed by atoms with E-state index in [1.807, 2.05) is 19.0 Å². The van der Waals surface area contributed by atoms with Gasteiger partial charge in [-0.05, 0) is 45.6 Å². The van der Waals surface area contributed by atoms with Crippen LogP contribution in [0.15, 0.2) is 23.8 Å². The molecule has 2 N–H and O–H groups in total. The van der Waals surface area contributed by atoms with E-state index in [2.05, 4.69) is 4.98 Å². The first-order chi connectivity index (χ1) is 16.6. The van der Waals surface area contributed by atoms with Gasteiger partial charge in [0.15, 0.2) is 0 Å². The van der Waals surface area contributed by atoms with Crippen molar-refractivity contribution < 1.29 is 33.7 Å².